The van der Waals surface area contributed by atoms with Gasteiger partial charge in [-0.25, -0.2) is 0 Å². The Labute approximate surface area is 149 Å². The molecule has 1 aliphatic rings. The zero-order chi connectivity index (χ0) is 18.7. The van der Waals surface area contributed by atoms with Crippen LogP contribution in [-0.4, -0.2) is 15.6 Å². The number of fused-ring (bicyclic) bond motifs is 1. The van der Waals surface area contributed by atoms with Crippen LogP contribution in [0.5, 0.6) is 0 Å². The molecule has 2 aromatic rings. The molecule has 0 unspecified atom stereocenters. The molecule has 25 heavy (non-hydrogen) atoms. The Balaban J connectivity index is 2.18. The molecular weight excluding hydrogens is 312 g/mol. The number of benzene rings is 1. The molecule has 1 heterocycles. The van der Waals surface area contributed by atoms with E-state index in [2.05, 4.69) is 38.9 Å². The van der Waals surface area contributed by atoms with E-state index in [-0.39, 0.29) is 27.7 Å². The van der Waals surface area contributed by atoms with Crippen LogP contribution in [0, 0.1) is 19.3 Å². The Bertz CT molecular complexity index is 926. The minimum atomic E-state index is -0.264. The lowest BCUT2D eigenvalue weighted by Gasteiger charge is -2.43. The van der Waals surface area contributed by atoms with Gasteiger partial charge < -0.3 is 0 Å². The Morgan fingerprint density at radius 1 is 1.16 bits per heavy atom. The first kappa shape index (κ1) is 17.7. The molecule has 134 valence electrons. The van der Waals surface area contributed by atoms with Crippen LogP contribution >= 0.6 is 0 Å². The number of H-pyrrole nitrogens is 1. The van der Waals surface area contributed by atoms with Crippen LogP contribution in [0.2, 0.25) is 0 Å². The highest BCUT2D eigenvalue weighted by Crippen LogP contribution is 2.47. The first-order valence-electron chi connectivity index (χ1n) is 8.88. The summed E-state index contributed by atoms with van der Waals surface area (Å²) in [7, 11) is 1.64. The Hall–Kier alpha value is -2.10. The molecule has 0 amide bonds. The monoisotopic (exact) mass is 340 g/mol. The van der Waals surface area contributed by atoms with Crippen LogP contribution in [0.15, 0.2) is 16.9 Å². The van der Waals surface area contributed by atoms with E-state index in [0.717, 1.165) is 18.4 Å². The number of hydrogen-bond donors (Lipinski definition) is 1. The van der Waals surface area contributed by atoms with Gasteiger partial charge in [-0.2, -0.15) is 0 Å². The van der Waals surface area contributed by atoms with E-state index >= 15 is 0 Å². The molecule has 0 fully saturated rings. The maximum Gasteiger partial charge on any atom is 0.277 e. The van der Waals surface area contributed by atoms with Gasteiger partial charge in [0, 0.05) is 18.3 Å². The summed E-state index contributed by atoms with van der Waals surface area (Å²) in [5.74, 6) is -0.180. The number of aryl methyl sites for hydroxylation is 2. The van der Waals surface area contributed by atoms with Crippen molar-refractivity contribution in [3.8, 4) is 0 Å². The second-order valence-electron chi connectivity index (χ2n) is 8.98. The van der Waals surface area contributed by atoms with Crippen molar-refractivity contribution >= 4 is 5.78 Å². The first-order chi connectivity index (χ1) is 11.4. The maximum absolute atomic E-state index is 13.1. The normalized spacial score (nSPS) is 18.0. The third-order valence-corrected chi connectivity index (χ3v) is 5.52. The minimum Gasteiger partial charge on any atom is -0.299 e. The van der Waals surface area contributed by atoms with Gasteiger partial charge in [-0.1, -0.05) is 39.8 Å². The van der Waals surface area contributed by atoms with Crippen LogP contribution in [0.3, 0.4) is 0 Å². The number of hydrogen-bond acceptors (Lipinski definition) is 2. The summed E-state index contributed by atoms with van der Waals surface area (Å²) in [5, 5.41) is 2.92. The number of aromatic nitrogens is 2. The maximum atomic E-state index is 13.1. The molecule has 1 aromatic carbocycles. The summed E-state index contributed by atoms with van der Waals surface area (Å²) in [6, 6.07) is 3.99. The van der Waals surface area contributed by atoms with E-state index in [4.69, 9.17) is 0 Å². The molecule has 0 spiro atoms. The SMILES string of the molecule is Cc1[nH]n(C)c(=O)c1C(=O)c1ccc2c(c1C)C(C)(C)CC(C)(C)C2. The topological polar surface area (TPSA) is 54.9 Å². The molecule has 4 heteroatoms. The number of carbonyl (C=O) groups excluding carboxylic acids is 1. The Morgan fingerprint density at radius 3 is 2.36 bits per heavy atom. The number of aromatic amines is 1. The van der Waals surface area contributed by atoms with Crippen LogP contribution in [-0.2, 0) is 18.9 Å². The van der Waals surface area contributed by atoms with Crippen molar-refractivity contribution in [1.82, 2.24) is 9.78 Å². The van der Waals surface area contributed by atoms with E-state index in [1.54, 1.807) is 14.0 Å². The lowest BCUT2D eigenvalue weighted by atomic mass is 9.61. The van der Waals surface area contributed by atoms with E-state index < -0.39 is 0 Å². The van der Waals surface area contributed by atoms with E-state index in [1.165, 1.54) is 15.8 Å². The number of nitrogens with zero attached hydrogens (tertiary/aromatic N) is 1. The summed E-state index contributed by atoms with van der Waals surface area (Å²) in [5.41, 5.74) is 5.14. The van der Waals surface area contributed by atoms with Crippen LogP contribution in [0.4, 0.5) is 0 Å². The van der Waals surface area contributed by atoms with Crippen molar-refractivity contribution in [1.29, 1.82) is 0 Å². The summed E-state index contributed by atoms with van der Waals surface area (Å²) in [4.78, 5) is 25.4. The fourth-order valence-corrected chi connectivity index (χ4v) is 5.05. The molecule has 0 saturated carbocycles. The van der Waals surface area contributed by atoms with Crippen LogP contribution < -0.4 is 5.56 Å². The molecule has 1 N–H and O–H groups in total. The number of nitrogens with one attached hydrogen (secondary N) is 1. The van der Waals surface area contributed by atoms with Gasteiger partial charge in [0.05, 0.1) is 0 Å². The predicted molar refractivity (Wildman–Crippen MR) is 101 cm³/mol. The second kappa shape index (κ2) is 5.45. The van der Waals surface area contributed by atoms with Gasteiger partial charge in [-0.05, 0) is 54.2 Å². The fraction of sp³-hybridized carbons (Fsp3) is 0.524. The van der Waals surface area contributed by atoms with Gasteiger partial charge in [-0.3, -0.25) is 19.4 Å². The molecule has 0 radical (unpaired) electrons. The fourth-order valence-electron chi connectivity index (χ4n) is 5.05. The largest absolute Gasteiger partial charge is 0.299 e. The molecule has 0 bridgehead atoms. The van der Waals surface area contributed by atoms with Crippen molar-refractivity contribution < 1.29 is 4.79 Å². The zero-order valence-electron chi connectivity index (χ0n) is 16.3. The average Bonchev–Trinajstić information content (AvgIpc) is 2.68. The predicted octanol–water partition coefficient (Wildman–Crippen LogP) is 3.81. The van der Waals surface area contributed by atoms with E-state index in [9.17, 15) is 9.59 Å². The zero-order valence-corrected chi connectivity index (χ0v) is 16.3. The number of ketones is 1. The summed E-state index contributed by atoms with van der Waals surface area (Å²) < 4.78 is 1.36. The molecule has 3 rings (SSSR count). The molecule has 0 atom stereocenters. The Kier molecular flexibility index (Phi) is 3.86. The van der Waals surface area contributed by atoms with Gasteiger partial charge in [0.2, 0.25) is 5.78 Å². The first-order valence-corrected chi connectivity index (χ1v) is 8.88. The highest BCUT2D eigenvalue weighted by molar-refractivity contribution is 6.10. The third kappa shape index (κ3) is 2.78. The van der Waals surface area contributed by atoms with E-state index in [1.807, 2.05) is 13.0 Å². The molecule has 0 saturated heterocycles. The molecule has 1 aliphatic carbocycles. The standard InChI is InChI=1S/C21H28N2O2/c1-12-15(18(24)16-13(2)22-23(7)19(16)25)9-8-14-10-20(3,4)11-21(5,6)17(12)14/h8-9,22H,10-11H2,1-7H3. The van der Waals surface area contributed by atoms with Crippen molar-refractivity contribution in [3.63, 3.8) is 0 Å². The third-order valence-electron chi connectivity index (χ3n) is 5.52. The van der Waals surface area contributed by atoms with Gasteiger partial charge in [-0.15, -0.1) is 0 Å². The number of rotatable bonds is 2. The number of carbonyl (C=O) groups is 1. The smallest absolute Gasteiger partial charge is 0.277 e. The van der Waals surface area contributed by atoms with Crippen molar-refractivity contribution in [2.75, 3.05) is 0 Å². The average molecular weight is 340 g/mol. The molecule has 0 aliphatic heterocycles. The second-order valence-corrected chi connectivity index (χ2v) is 8.98. The lowest BCUT2D eigenvalue weighted by Crippen LogP contribution is -2.36. The quantitative estimate of drug-likeness (QED) is 0.845. The van der Waals surface area contributed by atoms with E-state index in [0.29, 0.717) is 11.3 Å². The van der Waals surface area contributed by atoms with Crippen LogP contribution in [0.1, 0.15) is 72.4 Å². The lowest BCUT2D eigenvalue weighted by molar-refractivity contribution is 0.103. The van der Waals surface area contributed by atoms with Gasteiger partial charge in [0.25, 0.3) is 5.56 Å². The minimum absolute atomic E-state index is 0.00953. The highest BCUT2D eigenvalue weighted by atomic mass is 16.2. The van der Waals surface area contributed by atoms with Gasteiger partial charge in [0.1, 0.15) is 5.56 Å². The summed E-state index contributed by atoms with van der Waals surface area (Å²) >= 11 is 0. The molecule has 4 nitrogen and oxygen atoms in total. The van der Waals surface area contributed by atoms with Crippen LogP contribution in [0.25, 0.3) is 0 Å². The van der Waals surface area contributed by atoms with Crippen molar-refractivity contribution in [2.45, 2.75) is 59.8 Å². The van der Waals surface area contributed by atoms with Gasteiger partial charge in [0.15, 0.2) is 0 Å². The Morgan fingerprint density at radius 2 is 1.80 bits per heavy atom. The molecule has 1 aromatic heterocycles. The van der Waals surface area contributed by atoms with Crippen molar-refractivity contribution in [3.05, 3.63) is 56.0 Å². The van der Waals surface area contributed by atoms with Crippen molar-refractivity contribution in [2.24, 2.45) is 12.5 Å². The molecular formula is C21H28N2O2. The summed E-state index contributed by atoms with van der Waals surface area (Å²) in [6.07, 6.45) is 2.10. The highest BCUT2D eigenvalue weighted by Gasteiger charge is 2.39. The summed E-state index contributed by atoms with van der Waals surface area (Å²) in [6.45, 7) is 12.9. The van der Waals surface area contributed by atoms with Gasteiger partial charge >= 0.3 is 0 Å².